The average Bonchev–Trinajstić information content (AvgIpc) is 3.24. The van der Waals surface area contributed by atoms with Crippen molar-refractivity contribution in [3.63, 3.8) is 0 Å². The van der Waals surface area contributed by atoms with Gasteiger partial charge < -0.3 is 14.0 Å². The van der Waals surface area contributed by atoms with Crippen molar-refractivity contribution in [3.8, 4) is 5.75 Å². The molecule has 2 aromatic rings. The lowest BCUT2D eigenvalue weighted by Gasteiger charge is -2.24. The van der Waals surface area contributed by atoms with Crippen LogP contribution in [-0.4, -0.2) is 40.4 Å². The molecule has 0 radical (unpaired) electrons. The first-order valence-corrected chi connectivity index (χ1v) is 12.2. The first kappa shape index (κ1) is 25.6. The number of aromatic nitrogens is 2. The molecule has 0 spiro atoms. The molecule has 34 heavy (non-hydrogen) atoms. The van der Waals surface area contributed by atoms with Crippen molar-refractivity contribution in [2.24, 2.45) is 0 Å². The standard InChI is InChI=1S/C22H28N3O8P/c1-14(2)31-21(27)16(4)24-34(29,33-17-8-6-5-7-9-17)30-13-18-10-11-19(32-18)25-12-15(3)20(26)23-22(25)28/h5-12,14,16,18-19H,13H2,1-4H3,(H,24,29)(H,23,26,28)/t16-,18?,19+,34-/m0/s1. The monoisotopic (exact) mass is 493 g/mol. The van der Waals surface area contributed by atoms with Gasteiger partial charge in [-0.2, -0.15) is 5.09 Å². The van der Waals surface area contributed by atoms with E-state index in [9.17, 15) is 18.9 Å². The molecule has 1 aromatic heterocycles. The number of para-hydroxylation sites is 1. The third-order valence-electron chi connectivity index (χ3n) is 4.66. The Morgan fingerprint density at radius 2 is 1.91 bits per heavy atom. The molecule has 184 valence electrons. The number of carbonyl (C=O) groups is 1. The van der Waals surface area contributed by atoms with Crippen molar-refractivity contribution >= 4 is 13.7 Å². The van der Waals surface area contributed by atoms with Crippen molar-refractivity contribution in [3.05, 3.63) is 75.1 Å². The van der Waals surface area contributed by atoms with Crippen LogP contribution in [0.1, 0.15) is 32.6 Å². The van der Waals surface area contributed by atoms with E-state index in [0.29, 0.717) is 5.56 Å². The van der Waals surface area contributed by atoms with Crippen molar-refractivity contribution in [2.45, 2.75) is 52.2 Å². The van der Waals surface area contributed by atoms with Crippen LogP contribution in [0.3, 0.4) is 0 Å². The van der Waals surface area contributed by atoms with E-state index in [4.69, 9.17) is 18.5 Å². The molecule has 0 aliphatic carbocycles. The van der Waals surface area contributed by atoms with E-state index in [1.54, 1.807) is 63.3 Å². The third-order valence-corrected chi connectivity index (χ3v) is 6.30. The molecule has 1 unspecified atom stereocenters. The molecule has 3 rings (SSSR count). The number of esters is 1. The first-order valence-electron chi connectivity index (χ1n) is 10.7. The normalized spacial score (nSPS) is 20.1. The molecule has 0 saturated carbocycles. The van der Waals surface area contributed by atoms with E-state index in [0.717, 1.165) is 0 Å². The number of hydrogen-bond donors (Lipinski definition) is 2. The van der Waals surface area contributed by atoms with Gasteiger partial charge in [0.25, 0.3) is 5.56 Å². The second-order valence-corrected chi connectivity index (χ2v) is 9.66. The molecule has 2 N–H and O–H groups in total. The minimum atomic E-state index is -4.04. The first-order chi connectivity index (χ1) is 16.1. The van der Waals surface area contributed by atoms with Gasteiger partial charge in [-0.1, -0.05) is 24.3 Å². The van der Waals surface area contributed by atoms with Gasteiger partial charge in [0.2, 0.25) is 0 Å². The Balaban J connectivity index is 1.69. The van der Waals surface area contributed by atoms with E-state index in [1.165, 1.54) is 17.7 Å². The van der Waals surface area contributed by atoms with Gasteiger partial charge in [0.05, 0.1) is 12.7 Å². The lowest BCUT2D eigenvalue weighted by Crippen LogP contribution is -2.37. The van der Waals surface area contributed by atoms with Crippen LogP contribution in [0.25, 0.3) is 0 Å². The Labute approximate surface area is 196 Å². The quantitative estimate of drug-likeness (QED) is 0.290. The van der Waals surface area contributed by atoms with Gasteiger partial charge in [0.1, 0.15) is 17.9 Å². The molecular formula is C22H28N3O8P. The Morgan fingerprint density at radius 1 is 1.21 bits per heavy atom. The Kier molecular flexibility index (Phi) is 8.27. The molecule has 1 aromatic carbocycles. The predicted molar refractivity (Wildman–Crippen MR) is 124 cm³/mol. The number of nitrogens with one attached hydrogen (secondary N) is 2. The summed E-state index contributed by atoms with van der Waals surface area (Å²) in [6.07, 6.45) is 2.86. The summed E-state index contributed by atoms with van der Waals surface area (Å²) < 4.78 is 36.8. The third kappa shape index (κ3) is 6.77. The van der Waals surface area contributed by atoms with Crippen LogP contribution in [0.15, 0.2) is 58.3 Å². The van der Waals surface area contributed by atoms with E-state index < -0.39 is 43.3 Å². The van der Waals surface area contributed by atoms with E-state index >= 15 is 0 Å². The van der Waals surface area contributed by atoms with Crippen molar-refractivity contribution in [2.75, 3.05) is 6.61 Å². The zero-order valence-corrected chi connectivity index (χ0v) is 20.2. The number of carbonyl (C=O) groups excluding carboxylic acids is 1. The van der Waals surface area contributed by atoms with Crippen LogP contribution in [0.2, 0.25) is 0 Å². The number of aryl methyl sites for hydroxylation is 1. The lowest BCUT2D eigenvalue weighted by atomic mass is 10.3. The molecule has 1 aliphatic rings. The van der Waals surface area contributed by atoms with Crippen LogP contribution in [0.4, 0.5) is 0 Å². The van der Waals surface area contributed by atoms with Gasteiger partial charge in [-0.15, -0.1) is 0 Å². The summed E-state index contributed by atoms with van der Waals surface area (Å²) >= 11 is 0. The fourth-order valence-electron chi connectivity index (χ4n) is 3.02. The van der Waals surface area contributed by atoms with E-state index in [2.05, 4.69) is 10.1 Å². The molecule has 0 amide bonds. The summed E-state index contributed by atoms with van der Waals surface area (Å²) in [6.45, 7) is 6.27. The van der Waals surface area contributed by atoms with Crippen molar-refractivity contribution in [1.82, 2.24) is 14.6 Å². The number of nitrogens with zero attached hydrogens (tertiary/aromatic N) is 1. The highest BCUT2D eigenvalue weighted by molar-refractivity contribution is 7.52. The molecular weight excluding hydrogens is 465 g/mol. The maximum Gasteiger partial charge on any atom is 0.459 e. The second kappa shape index (κ2) is 11.0. The highest BCUT2D eigenvalue weighted by Crippen LogP contribution is 2.45. The Bertz CT molecular complexity index is 1190. The van der Waals surface area contributed by atoms with Crippen LogP contribution < -0.4 is 20.9 Å². The van der Waals surface area contributed by atoms with Crippen LogP contribution in [0, 0.1) is 6.92 Å². The highest BCUT2D eigenvalue weighted by Gasteiger charge is 2.34. The summed E-state index contributed by atoms with van der Waals surface area (Å²) in [4.78, 5) is 38.1. The van der Waals surface area contributed by atoms with Crippen molar-refractivity contribution < 1.29 is 27.9 Å². The number of hydrogen-bond acceptors (Lipinski definition) is 8. The van der Waals surface area contributed by atoms with Crippen molar-refractivity contribution in [1.29, 1.82) is 0 Å². The zero-order chi connectivity index (χ0) is 24.9. The molecule has 0 fully saturated rings. The number of benzene rings is 1. The highest BCUT2D eigenvalue weighted by atomic mass is 31.2. The molecule has 0 bridgehead atoms. The molecule has 11 nitrogen and oxygen atoms in total. The fourth-order valence-corrected chi connectivity index (χ4v) is 4.53. The number of aromatic amines is 1. The molecule has 1 aliphatic heterocycles. The van der Waals surface area contributed by atoms with Gasteiger partial charge in [-0.3, -0.25) is 23.7 Å². The Hall–Kier alpha value is -2.98. The maximum atomic E-state index is 13.5. The molecule has 0 saturated heterocycles. The maximum absolute atomic E-state index is 13.5. The second-order valence-electron chi connectivity index (χ2n) is 7.96. The predicted octanol–water partition coefficient (Wildman–Crippen LogP) is 2.43. The van der Waals surface area contributed by atoms with Gasteiger partial charge in [0, 0.05) is 11.8 Å². The lowest BCUT2D eigenvalue weighted by molar-refractivity contribution is -0.149. The Morgan fingerprint density at radius 3 is 2.59 bits per heavy atom. The van der Waals surface area contributed by atoms with Gasteiger partial charge in [-0.25, -0.2) is 9.36 Å². The summed E-state index contributed by atoms with van der Waals surface area (Å²) in [6, 6.07) is 7.39. The van der Waals surface area contributed by atoms with Gasteiger partial charge in [-0.05, 0) is 45.9 Å². The minimum Gasteiger partial charge on any atom is -0.462 e. The van der Waals surface area contributed by atoms with Gasteiger partial charge >= 0.3 is 19.4 Å². The number of ether oxygens (including phenoxy) is 2. The smallest absolute Gasteiger partial charge is 0.459 e. The fraction of sp³-hybridized carbons (Fsp3) is 0.409. The summed E-state index contributed by atoms with van der Waals surface area (Å²) in [5.74, 6) is -0.334. The van der Waals surface area contributed by atoms with Crippen LogP contribution in [-0.2, 0) is 23.4 Å². The number of rotatable bonds is 10. The van der Waals surface area contributed by atoms with E-state index in [1.807, 2.05) is 0 Å². The molecule has 2 heterocycles. The summed E-state index contributed by atoms with van der Waals surface area (Å²) in [5, 5.41) is 2.60. The van der Waals surface area contributed by atoms with E-state index in [-0.39, 0.29) is 18.5 Å². The van der Waals surface area contributed by atoms with Gasteiger partial charge in [0.15, 0.2) is 6.23 Å². The average molecular weight is 493 g/mol. The minimum absolute atomic E-state index is 0.201. The van der Waals surface area contributed by atoms with Crippen LogP contribution >= 0.6 is 7.75 Å². The molecule has 12 heteroatoms. The summed E-state index contributed by atoms with van der Waals surface area (Å²) in [7, 11) is -4.04. The zero-order valence-electron chi connectivity index (χ0n) is 19.3. The number of H-pyrrole nitrogens is 1. The largest absolute Gasteiger partial charge is 0.462 e. The SMILES string of the molecule is Cc1cn([C@H]2C=CC(CO[P@@](=O)(N[C@@H](C)C(=O)OC(C)C)Oc3ccccc3)O2)c(=O)[nH]c1=O. The topological polar surface area (TPSA) is 138 Å². The molecule has 4 atom stereocenters. The van der Waals surface area contributed by atoms with Crippen LogP contribution in [0.5, 0.6) is 5.75 Å². The summed E-state index contributed by atoms with van der Waals surface area (Å²) in [5.41, 5.74) is -0.745.